The van der Waals surface area contributed by atoms with Gasteiger partial charge in [0.25, 0.3) is 0 Å². The summed E-state index contributed by atoms with van der Waals surface area (Å²) in [6, 6.07) is 6.71. The van der Waals surface area contributed by atoms with E-state index in [0.717, 1.165) is 0 Å². The van der Waals surface area contributed by atoms with Crippen molar-refractivity contribution in [1.82, 2.24) is 0 Å². The second-order valence-corrected chi connectivity index (χ2v) is 6.36. The molecule has 0 saturated heterocycles. The van der Waals surface area contributed by atoms with E-state index >= 15 is 0 Å². The third-order valence-corrected chi connectivity index (χ3v) is 4.07. The normalized spacial score (nSPS) is 15.5. The summed E-state index contributed by atoms with van der Waals surface area (Å²) >= 11 is 0. The van der Waals surface area contributed by atoms with Crippen LogP contribution in [0.4, 0.5) is 0 Å². The molecule has 2 rings (SSSR count). The number of ketones is 1. The molecule has 1 aliphatic rings. The monoisotopic (exact) mass is 304 g/mol. The second-order valence-electron chi connectivity index (χ2n) is 6.36. The highest BCUT2D eigenvalue weighted by atomic mass is 16.1. The van der Waals surface area contributed by atoms with Crippen LogP contribution in [-0.2, 0) is 10.2 Å². The van der Waals surface area contributed by atoms with Gasteiger partial charge < -0.3 is 0 Å². The van der Waals surface area contributed by atoms with Gasteiger partial charge in [-0.3, -0.25) is 4.79 Å². The van der Waals surface area contributed by atoms with Crippen LogP contribution in [0.25, 0.3) is 6.08 Å². The van der Waals surface area contributed by atoms with Crippen molar-refractivity contribution in [3.63, 3.8) is 0 Å². The zero-order valence-electron chi connectivity index (χ0n) is 14.5. The Morgan fingerprint density at radius 3 is 2.45 bits per heavy atom. The molecule has 1 aromatic rings. The van der Waals surface area contributed by atoms with Crippen molar-refractivity contribution in [3.8, 4) is 0 Å². The van der Waals surface area contributed by atoms with Crippen LogP contribution in [0.15, 0.2) is 24.3 Å². The number of rotatable bonds is 5. The average molecular weight is 305 g/mol. The zero-order valence-corrected chi connectivity index (χ0v) is 14.5. The number of carbonyl (C=O) groups excluding carboxylic acids is 1. The van der Waals surface area contributed by atoms with Crippen LogP contribution < -0.4 is 0 Å². The van der Waals surface area contributed by atoms with Gasteiger partial charge in [-0.2, -0.15) is 0 Å². The molecule has 22 heavy (non-hydrogen) atoms. The van der Waals surface area contributed by atoms with Crippen molar-refractivity contribution in [3.05, 3.63) is 41.0 Å². The van der Waals surface area contributed by atoms with Crippen LogP contribution in [0.1, 0.15) is 92.3 Å². The first kappa shape index (κ1) is 20.6. The molecule has 126 valence electrons. The van der Waals surface area contributed by atoms with Crippen LogP contribution in [0.3, 0.4) is 0 Å². The maximum atomic E-state index is 11.4. The van der Waals surface area contributed by atoms with E-state index in [4.69, 9.17) is 0 Å². The molecule has 0 spiro atoms. The molecule has 0 aromatic heterocycles. The largest absolute Gasteiger partial charge is 0.300 e. The van der Waals surface area contributed by atoms with Gasteiger partial charge >= 0.3 is 0 Å². The Morgan fingerprint density at radius 2 is 1.91 bits per heavy atom. The molecule has 0 radical (unpaired) electrons. The van der Waals surface area contributed by atoms with Gasteiger partial charge in [-0.25, -0.2) is 0 Å². The van der Waals surface area contributed by atoms with E-state index in [1.165, 1.54) is 29.5 Å². The maximum Gasteiger partial charge on any atom is 0.130 e. The number of hydrogen-bond acceptors (Lipinski definition) is 1. The van der Waals surface area contributed by atoms with Gasteiger partial charge in [-0.05, 0) is 35.4 Å². The van der Waals surface area contributed by atoms with Crippen LogP contribution in [0, 0.1) is 0 Å². The SMILES string of the molecule is C.CC.CCCC1C=Cc2ccc(C(C)(C)CC(C)=O)cc21.[HH]. The first-order chi connectivity index (χ1) is 9.94. The summed E-state index contributed by atoms with van der Waals surface area (Å²) in [5.74, 6) is 0.821. The predicted molar refractivity (Wildman–Crippen MR) is 102 cm³/mol. The van der Waals surface area contributed by atoms with Gasteiger partial charge in [0.2, 0.25) is 0 Å². The van der Waals surface area contributed by atoms with E-state index in [1.54, 1.807) is 6.92 Å². The Bertz CT molecular complexity index is 515. The number of hydrogen-bond donors (Lipinski definition) is 0. The fraction of sp³-hybridized carbons (Fsp3) is 0.571. The van der Waals surface area contributed by atoms with Gasteiger partial charge in [-0.1, -0.05) is 78.8 Å². The highest BCUT2D eigenvalue weighted by molar-refractivity contribution is 5.77. The summed E-state index contributed by atoms with van der Waals surface area (Å²) in [5.41, 5.74) is 4.00. The minimum atomic E-state index is -0.0692. The molecule has 1 aromatic carbocycles. The lowest BCUT2D eigenvalue weighted by atomic mass is 9.78. The van der Waals surface area contributed by atoms with E-state index in [-0.39, 0.29) is 20.1 Å². The number of fused-ring (bicyclic) bond motifs is 1. The van der Waals surface area contributed by atoms with E-state index in [1.807, 2.05) is 13.8 Å². The van der Waals surface area contributed by atoms with Crippen LogP contribution in [-0.4, -0.2) is 5.78 Å². The van der Waals surface area contributed by atoms with Gasteiger partial charge in [0.05, 0.1) is 0 Å². The zero-order chi connectivity index (χ0) is 16.0. The Morgan fingerprint density at radius 1 is 1.27 bits per heavy atom. The maximum absolute atomic E-state index is 11.4. The lowest BCUT2D eigenvalue weighted by molar-refractivity contribution is -0.118. The first-order valence-electron chi connectivity index (χ1n) is 8.26. The smallest absolute Gasteiger partial charge is 0.130 e. The van der Waals surface area contributed by atoms with Gasteiger partial charge in [0.15, 0.2) is 0 Å². The molecule has 1 unspecified atom stereocenters. The molecule has 0 amide bonds. The molecular formula is C21H36O. The Hall–Kier alpha value is -1.37. The molecule has 0 fully saturated rings. The number of carbonyl (C=O) groups is 1. The molecule has 0 aliphatic heterocycles. The van der Waals surface area contributed by atoms with Crippen molar-refractivity contribution in [2.45, 2.75) is 79.6 Å². The Balaban J connectivity index is 0. The molecule has 1 aliphatic carbocycles. The van der Waals surface area contributed by atoms with Crippen LogP contribution in [0.2, 0.25) is 0 Å². The lowest BCUT2D eigenvalue weighted by Gasteiger charge is -2.25. The molecule has 0 heterocycles. The highest BCUT2D eigenvalue weighted by Crippen LogP contribution is 2.37. The summed E-state index contributed by atoms with van der Waals surface area (Å²) in [4.78, 5) is 11.4. The molecule has 1 nitrogen and oxygen atoms in total. The summed E-state index contributed by atoms with van der Waals surface area (Å²) < 4.78 is 0. The van der Waals surface area contributed by atoms with Gasteiger partial charge in [0, 0.05) is 13.8 Å². The van der Waals surface area contributed by atoms with Crippen molar-refractivity contribution in [2.75, 3.05) is 0 Å². The number of allylic oxidation sites excluding steroid dienone is 1. The summed E-state index contributed by atoms with van der Waals surface area (Å²) in [6.07, 6.45) is 7.57. The van der Waals surface area contributed by atoms with E-state index in [2.05, 4.69) is 51.1 Å². The third-order valence-electron chi connectivity index (χ3n) is 4.07. The van der Waals surface area contributed by atoms with Crippen molar-refractivity contribution in [2.24, 2.45) is 0 Å². The summed E-state index contributed by atoms with van der Waals surface area (Å²) in [6.45, 7) is 12.2. The predicted octanol–water partition coefficient (Wildman–Crippen LogP) is 6.76. The first-order valence-corrected chi connectivity index (χ1v) is 8.26. The van der Waals surface area contributed by atoms with E-state index < -0.39 is 0 Å². The Kier molecular flexibility index (Phi) is 8.37. The van der Waals surface area contributed by atoms with Gasteiger partial charge in [0.1, 0.15) is 5.78 Å². The highest BCUT2D eigenvalue weighted by Gasteiger charge is 2.25. The van der Waals surface area contributed by atoms with Crippen molar-refractivity contribution >= 4 is 11.9 Å². The molecule has 0 saturated carbocycles. The average Bonchev–Trinajstić information content (AvgIpc) is 2.83. The molecule has 1 heteroatoms. The second kappa shape index (κ2) is 8.92. The summed E-state index contributed by atoms with van der Waals surface area (Å²) in [5, 5.41) is 0. The fourth-order valence-electron chi connectivity index (χ4n) is 3.08. The van der Waals surface area contributed by atoms with E-state index in [9.17, 15) is 4.79 Å². The van der Waals surface area contributed by atoms with E-state index in [0.29, 0.717) is 12.3 Å². The van der Waals surface area contributed by atoms with Crippen LogP contribution >= 0.6 is 0 Å². The molecule has 1 atom stereocenters. The molecule has 0 N–H and O–H groups in total. The third kappa shape index (κ3) is 4.83. The van der Waals surface area contributed by atoms with Crippen molar-refractivity contribution in [1.29, 1.82) is 0 Å². The fourth-order valence-corrected chi connectivity index (χ4v) is 3.08. The molecular weight excluding hydrogens is 268 g/mol. The van der Waals surface area contributed by atoms with Crippen LogP contribution in [0.5, 0.6) is 0 Å². The minimum absolute atomic E-state index is 0. The topological polar surface area (TPSA) is 17.1 Å². The standard InChI is InChI=1S/C18H24O.C2H6.CH4.H2/c1-5-6-14-7-8-15-9-10-16(11-17(14)15)18(3,4)12-13(2)19;1-2;;/h7-11,14H,5-6,12H2,1-4H3;1-2H3;1H4;1H. The lowest BCUT2D eigenvalue weighted by Crippen LogP contribution is -2.21. The van der Waals surface area contributed by atoms with Crippen molar-refractivity contribution < 1.29 is 6.22 Å². The quantitative estimate of drug-likeness (QED) is 0.587. The number of Topliss-reactive ketones (excluding diaryl/α,β-unsaturated/α-hetero) is 1. The number of benzene rings is 1. The van der Waals surface area contributed by atoms with Gasteiger partial charge in [-0.15, -0.1) is 0 Å². The molecule has 0 bridgehead atoms. The Labute approximate surface area is 139 Å². The minimum Gasteiger partial charge on any atom is -0.300 e. The summed E-state index contributed by atoms with van der Waals surface area (Å²) in [7, 11) is 0.